The maximum atomic E-state index is 12.9. The van der Waals surface area contributed by atoms with Crippen molar-refractivity contribution < 1.29 is 38.1 Å². The Morgan fingerprint density at radius 1 is 0.865 bits per heavy atom. The second-order valence-electron chi connectivity index (χ2n) is 8.56. The molecule has 0 aliphatic carbocycles. The molecule has 2 aromatic rings. The van der Waals surface area contributed by atoms with Crippen LogP contribution in [-0.4, -0.2) is 75.5 Å². The third kappa shape index (κ3) is 5.99. The number of ether oxygens (including phenoxy) is 5. The van der Waals surface area contributed by atoms with Crippen LogP contribution in [0.5, 0.6) is 28.7 Å². The van der Waals surface area contributed by atoms with Crippen molar-refractivity contribution in [1.29, 1.82) is 0 Å². The zero-order valence-corrected chi connectivity index (χ0v) is 21.2. The molecule has 198 valence electrons. The van der Waals surface area contributed by atoms with E-state index in [-0.39, 0.29) is 43.9 Å². The molecule has 0 atom stereocenters. The molecule has 0 bridgehead atoms. The molecule has 1 saturated heterocycles. The maximum absolute atomic E-state index is 12.9. The van der Waals surface area contributed by atoms with Crippen LogP contribution < -0.4 is 29.0 Å². The fraction of sp³-hybridized carbons (Fsp3) is 0.423. The molecule has 11 nitrogen and oxygen atoms in total. The first-order valence-electron chi connectivity index (χ1n) is 12.0. The van der Waals surface area contributed by atoms with Gasteiger partial charge < -0.3 is 29.0 Å². The Balaban J connectivity index is 1.27. The molecule has 1 N–H and O–H groups in total. The van der Waals surface area contributed by atoms with Crippen LogP contribution >= 0.6 is 0 Å². The van der Waals surface area contributed by atoms with Gasteiger partial charge in [0.2, 0.25) is 24.4 Å². The van der Waals surface area contributed by atoms with Gasteiger partial charge in [-0.2, -0.15) is 0 Å². The number of fused-ring (bicyclic) bond motifs is 1. The summed E-state index contributed by atoms with van der Waals surface area (Å²) in [6, 6.07) is 8.92. The summed E-state index contributed by atoms with van der Waals surface area (Å²) in [5.41, 5.74) is 1.60. The van der Waals surface area contributed by atoms with Gasteiger partial charge in [-0.05, 0) is 48.2 Å². The summed E-state index contributed by atoms with van der Waals surface area (Å²) in [7, 11) is 4.58. The fourth-order valence-electron chi connectivity index (χ4n) is 4.34. The Hall–Kier alpha value is -4.15. The molecular formula is C26H31N3O8. The first kappa shape index (κ1) is 25.9. The summed E-state index contributed by atoms with van der Waals surface area (Å²) in [6.45, 7) is 0.842. The van der Waals surface area contributed by atoms with Crippen LogP contribution in [0, 0.1) is 0 Å². The number of hydrazine groups is 1. The molecule has 0 unspecified atom stereocenters. The Labute approximate surface area is 215 Å². The minimum atomic E-state index is -0.335. The zero-order chi connectivity index (χ0) is 26.4. The lowest BCUT2D eigenvalue weighted by Crippen LogP contribution is -2.49. The summed E-state index contributed by atoms with van der Waals surface area (Å²) in [5.74, 6) is 1.94. The average Bonchev–Trinajstić information content (AvgIpc) is 3.59. The lowest BCUT2D eigenvalue weighted by atomic mass is 10.1. The smallest absolute Gasteiger partial charge is 0.260 e. The second kappa shape index (κ2) is 11.7. The van der Waals surface area contributed by atoms with E-state index < -0.39 is 0 Å². The van der Waals surface area contributed by atoms with Gasteiger partial charge in [-0.3, -0.25) is 19.4 Å². The Bertz CT molecular complexity index is 1140. The number of aryl methyl sites for hydroxylation is 1. The highest BCUT2D eigenvalue weighted by atomic mass is 16.7. The van der Waals surface area contributed by atoms with Gasteiger partial charge in [-0.15, -0.1) is 0 Å². The highest BCUT2D eigenvalue weighted by Gasteiger charge is 2.31. The third-order valence-electron chi connectivity index (χ3n) is 6.20. The molecule has 2 aliphatic rings. The van der Waals surface area contributed by atoms with Crippen molar-refractivity contribution in [3.05, 3.63) is 41.5 Å². The number of methoxy groups -OCH3 is 3. The van der Waals surface area contributed by atoms with Crippen LogP contribution in [0.3, 0.4) is 0 Å². The number of carbonyl (C=O) groups is 3. The summed E-state index contributed by atoms with van der Waals surface area (Å²) < 4.78 is 26.7. The number of nitrogens with zero attached hydrogens (tertiary/aromatic N) is 2. The Morgan fingerprint density at radius 2 is 1.54 bits per heavy atom. The van der Waals surface area contributed by atoms with Crippen molar-refractivity contribution in [2.24, 2.45) is 0 Å². The van der Waals surface area contributed by atoms with E-state index in [9.17, 15) is 14.4 Å². The number of hydrogen-bond acceptors (Lipinski definition) is 8. The van der Waals surface area contributed by atoms with E-state index in [2.05, 4.69) is 5.32 Å². The van der Waals surface area contributed by atoms with Crippen LogP contribution in [0.25, 0.3) is 0 Å². The van der Waals surface area contributed by atoms with E-state index in [1.165, 1.54) is 31.3 Å². The standard InChI is InChI=1S/C26H31N3O8/c1-33-21-12-17(13-22(34-2)26(21)35-3)6-8-23(30)27-15-25(32)29-10-4-9-28(29)24(31)14-18-5-7-19-20(11-18)37-16-36-19/h5,7,11-13H,4,6,8-10,14-16H2,1-3H3,(H,27,30). The van der Waals surface area contributed by atoms with Gasteiger partial charge in [0.25, 0.3) is 5.91 Å². The maximum Gasteiger partial charge on any atom is 0.260 e. The van der Waals surface area contributed by atoms with Crippen molar-refractivity contribution in [3.63, 3.8) is 0 Å². The average molecular weight is 514 g/mol. The van der Waals surface area contributed by atoms with Gasteiger partial charge in [0.15, 0.2) is 23.0 Å². The number of amides is 3. The second-order valence-corrected chi connectivity index (χ2v) is 8.56. The van der Waals surface area contributed by atoms with Crippen LogP contribution in [0.4, 0.5) is 0 Å². The van der Waals surface area contributed by atoms with Crippen LogP contribution in [0.2, 0.25) is 0 Å². The quantitative estimate of drug-likeness (QED) is 0.511. The lowest BCUT2D eigenvalue weighted by Gasteiger charge is -2.28. The molecule has 4 rings (SSSR count). The summed E-state index contributed by atoms with van der Waals surface area (Å²) in [5, 5.41) is 5.53. The number of hydrogen-bond donors (Lipinski definition) is 1. The van der Waals surface area contributed by atoms with Gasteiger partial charge in [0, 0.05) is 19.5 Å². The van der Waals surface area contributed by atoms with E-state index in [1.807, 2.05) is 6.07 Å². The number of benzene rings is 2. The highest BCUT2D eigenvalue weighted by Crippen LogP contribution is 2.38. The van der Waals surface area contributed by atoms with Crippen molar-refractivity contribution in [2.45, 2.75) is 25.7 Å². The predicted octanol–water partition coefficient (Wildman–Crippen LogP) is 1.71. The van der Waals surface area contributed by atoms with Gasteiger partial charge in [0.05, 0.1) is 34.3 Å². The first-order valence-corrected chi connectivity index (χ1v) is 12.0. The van der Waals surface area contributed by atoms with Gasteiger partial charge in [0.1, 0.15) is 0 Å². The molecule has 37 heavy (non-hydrogen) atoms. The van der Waals surface area contributed by atoms with Crippen molar-refractivity contribution in [3.8, 4) is 28.7 Å². The normalized spacial score (nSPS) is 13.9. The molecule has 1 fully saturated rings. The molecule has 0 saturated carbocycles. The largest absolute Gasteiger partial charge is 0.493 e. The number of rotatable bonds is 10. The summed E-state index contributed by atoms with van der Waals surface area (Å²) in [6.07, 6.45) is 1.38. The SMILES string of the molecule is COc1cc(CCC(=O)NCC(=O)N2CCCN2C(=O)Cc2ccc3c(c2)OCO3)cc(OC)c1OC. The third-order valence-corrected chi connectivity index (χ3v) is 6.20. The topological polar surface area (TPSA) is 116 Å². The van der Waals surface area contributed by atoms with E-state index >= 15 is 0 Å². The minimum Gasteiger partial charge on any atom is -0.493 e. The molecule has 2 aliphatic heterocycles. The summed E-state index contributed by atoms with van der Waals surface area (Å²) in [4.78, 5) is 38.2. The Morgan fingerprint density at radius 3 is 2.22 bits per heavy atom. The van der Waals surface area contributed by atoms with Crippen LogP contribution in [0.1, 0.15) is 24.0 Å². The molecule has 2 aromatic carbocycles. The number of nitrogens with one attached hydrogen (secondary N) is 1. The molecule has 2 heterocycles. The van der Waals surface area contributed by atoms with Gasteiger partial charge >= 0.3 is 0 Å². The zero-order valence-electron chi connectivity index (χ0n) is 21.2. The highest BCUT2D eigenvalue weighted by molar-refractivity contribution is 5.87. The van der Waals surface area contributed by atoms with E-state index in [0.29, 0.717) is 54.7 Å². The van der Waals surface area contributed by atoms with E-state index in [0.717, 1.165) is 11.1 Å². The van der Waals surface area contributed by atoms with E-state index in [4.69, 9.17) is 23.7 Å². The summed E-state index contributed by atoms with van der Waals surface area (Å²) >= 11 is 0. The molecule has 0 radical (unpaired) electrons. The van der Waals surface area contributed by atoms with Crippen molar-refractivity contribution >= 4 is 17.7 Å². The fourth-order valence-corrected chi connectivity index (χ4v) is 4.34. The predicted molar refractivity (Wildman–Crippen MR) is 132 cm³/mol. The van der Waals surface area contributed by atoms with Crippen molar-refractivity contribution in [2.75, 3.05) is 47.8 Å². The lowest BCUT2D eigenvalue weighted by molar-refractivity contribution is -0.157. The molecular weight excluding hydrogens is 482 g/mol. The molecule has 3 amide bonds. The first-order chi connectivity index (χ1) is 17.9. The van der Waals surface area contributed by atoms with E-state index in [1.54, 1.807) is 24.3 Å². The molecule has 0 aromatic heterocycles. The van der Waals surface area contributed by atoms with Gasteiger partial charge in [-0.1, -0.05) is 6.07 Å². The van der Waals surface area contributed by atoms with Crippen molar-refractivity contribution in [1.82, 2.24) is 15.3 Å². The Kier molecular flexibility index (Phi) is 8.22. The number of carbonyl (C=O) groups excluding carboxylic acids is 3. The van der Waals surface area contributed by atoms with Gasteiger partial charge in [-0.25, -0.2) is 5.01 Å². The van der Waals surface area contributed by atoms with Crippen LogP contribution in [0.15, 0.2) is 30.3 Å². The molecule has 11 heteroatoms. The monoisotopic (exact) mass is 513 g/mol. The molecule has 0 spiro atoms. The minimum absolute atomic E-state index is 0.127. The van der Waals surface area contributed by atoms with Crippen LogP contribution in [-0.2, 0) is 27.2 Å².